The first kappa shape index (κ1) is 37.9. The normalized spacial score (nSPS) is 11.0. The van der Waals surface area contributed by atoms with Crippen LogP contribution in [0.2, 0.25) is 5.02 Å². The van der Waals surface area contributed by atoms with Gasteiger partial charge in [-0.25, -0.2) is 4.79 Å². The number of amides is 2. The summed E-state index contributed by atoms with van der Waals surface area (Å²) in [6.07, 6.45) is 10.1. The fourth-order valence-corrected chi connectivity index (χ4v) is 5.99. The summed E-state index contributed by atoms with van der Waals surface area (Å²) in [6.45, 7) is 2.03. The lowest BCUT2D eigenvalue weighted by Gasteiger charge is -2.24. The predicted molar refractivity (Wildman–Crippen MR) is 196 cm³/mol. The zero-order valence-corrected chi connectivity index (χ0v) is 29.2. The topological polar surface area (TPSA) is 151 Å². The summed E-state index contributed by atoms with van der Waals surface area (Å²) in [5, 5.41) is 36.5. The largest absolute Gasteiger partial charge is 0.506 e. The number of unbranched alkanes of at least 4 members (excludes halogenated alkanes) is 9. The van der Waals surface area contributed by atoms with Gasteiger partial charge in [0.25, 0.3) is 5.91 Å². The van der Waals surface area contributed by atoms with Crippen molar-refractivity contribution >= 4 is 51.4 Å². The van der Waals surface area contributed by atoms with Gasteiger partial charge in [0, 0.05) is 28.4 Å². The van der Waals surface area contributed by atoms with Gasteiger partial charge in [0.2, 0.25) is 5.75 Å². The minimum Gasteiger partial charge on any atom is -0.506 e. The third-order valence-electron chi connectivity index (χ3n) is 8.51. The summed E-state index contributed by atoms with van der Waals surface area (Å²) in [5.41, 5.74) is 0.560. The zero-order chi connectivity index (χ0) is 36.0. The molecule has 0 bridgehead atoms. The van der Waals surface area contributed by atoms with Crippen molar-refractivity contribution in [3.63, 3.8) is 0 Å². The Hall–Kier alpha value is -4.87. The lowest BCUT2D eigenvalue weighted by molar-refractivity contribution is -0.385. The molecule has 0 aliphatic rings. The number of aliphatic hydroxyl groups is 1. The number of phenols is 1. The van der Waals surface area contributed by atoms with E-state index in [2.05, 4.69) is 12.2 Å². The number of rotatable bonds is 18. The van der Waals surface area contributed by atoms with Crippen molar-refractivity contribution in [3.05, 3.63) is 93.0 Å². The highest BCUT2D eigenvalue weighted by molar-refractivity contribution is 6.31. The quantitative estimate of drug-likeness (QED) is 0.0526. The Morgan fingerprint density at radius 3 is 2.22 bits per heavy atom. The van der Waals surface area contributed by atoms with Crippen molar-refractivity contribution in [3.8, 4) is 17.2 Å². The van der Waals surface area contributed by atoms with Crippen molar-refractivity contribution in [2.24, 2.45) is 0 Å². The van der Waals surface area contributed by atoms with Gasteiger partial charge in [-0.2, -0.15) is 0 Å². The Morgan fingerprint density at radius 1 is 0.880 bits per heavy atom. The van der Waals surface area contributed by atoms with Crippen LogP contribution in [0.25, 0.3) is 10.8 Å². The number of phenolic OH excluding ortho intramolecular Hbond substituents is 1. The van der Waals surface area contributed by atoms with E-state index in [-0.39, 0.29) is 23.6 Å². The number of carbonyl (C=O) groups is 2. The number of nitrogens with one attached hydrogen (secondary N) is 1. The van der Waals surface area contributed by atoms with E-state index in [1.807, 2.05) is 0 Å². The number of anilines is 2. The molecule has 0 saturated carbocycles. The van der Waals surface area contributed by atoms with Crippen molar-refractivity contribution in [2.45, 2.75) is 77.7 Å². The first-order valence-corrected chi connectivity index (χ1v) is 17.3. The molecule has 0 aromatic heterocycles. The van der Waals surface area contributed by atoms with Gasteiger partial charge < -0.3 is 25.0 Å². The molecule has 0 radical (unpaired) electrons. The number of hydrogen-bond acceptors (Lipinski definition) is 8. The molecular formula is C38H44ClN3O8. The van der Waals surface area contributed by atoms with Gasteiger partial charge in [-0.15, -0.1) is 0 Å². The van der Waals surface area contributed by atoms with E-state index in [1.54, 1.807) is 36.4 Å². The van der Waals surface area contributed by atoms with Gasteiger partial charge in [-0.05, 0) is 48.4 Å². The predicted octanol–water partition coefficient (Wildman–Crippen LogP) is 9.79. The average molecular weight is 706 g/mol. The summed E-state index contributed by atoms with van der Waals surface area (Å²) < 4.78 is 10.9. The van der Waals surface area contributed by atoms with Crippen LogP contribution in [-0.4, -0.2) is 40.8 Å². The molecule has 266 valence electrons. The van der Waals surface area contributed by atoms with E-state index >= 15 is 0 Å². The fraction of sp³-hybridized carbons (Fsp3) is 0.368. The van der Waals surface area contributed by atoms with Gasteiger partial charge in [0.15, 0.2) is 0 Å². The van der Waals surface area contributed by atoms with Crippen molar-refractivity contribution in [2.75, 3.05) is 23.9 Å². The maximum atomic E-state index is 13.8. The fourth-order valence-electron chi connectivity index (χ4n) is 5.82. The van der Waals surface area contributed by atoms with Crippen LogP contribution in [0.3, 0.4) is 0 Å². The number of carbonyl (C=O) groups excluding carboxylic acids is 2. The van der Waals surface area contributed by atoms with Gasteiger partial charge in [0.1, 0.15) is 11.5 Å². The van der Waals surface area contributed by atoms with Gasteiger partial charge >= 0.3 is 11.8 Å². The Morgan fingerprint density at radius 2 is 1.56 bits per heavy atom. The monoisotopic (exact) mass is 705 g/mol. The molecule has 0 unspecified atom stereocenters. The molecule has 0 aliphatic heterocycles. The molecule has 2 amide bonds. The Balaban J connectivity index is 1.60. The molecule has 3 N–H and O–H groups in total. The van der Waals surface area contributed by atoms with Crippen molar-refractivity contribution in [1.29, 1.82) is 0 Å². The lowest BCUT2D eigenvalue weighted by Crippen LogP contribution is -2.34. The van der Waals surface area contributed by atoms with Crippen molar-refractivity contribution in [1.82, 2.24) is 0 Å². The van der Waals surface area contributed by atoms with E-state index in [4.69, 9.17) is 21.1 Å². The second-order valence-corrected chi connectivity index (χ2v) is 12.5. The van der Waals surface area contributed by atoms with E-state index < -0.39 is 29.2 Å². The molecule has 0 saturated heterocycles. The maximum Gasteiger partial charge on any atom is 0.420 e. The van der Waals surface area contributed by atoms with Crippen LogP contribution in [-0.2, 0) is 6.61 Å². The highest BCUT2D eigenvalue weighted by atomic mass is 35.5. The summed E-state index contributed by atoms with van der Waals surface area (Å²) in [6, 6.07) is 16.7. The minimum atomic E-state index is -0.845. The summed E-state index contributed by atoms with van der Waals surface area (Å²) in [4.78, 5) is 39.6. The van der Waals surface area contributed by atoms with E-state index in [0.717, 1.165) is 31.7 Å². The SMILES string of the molecule is CCCCCCCCCCCCN(C(=O)Oc1ccc(CO)cc1[N+](=O)[O-])c1cccc2c(O)c(C(=O)Nc3cc(Cl)ccc3OC)ccc12. The molecule has 0 aliphatic carbocycles. The Bertz CT molecular complexity index is 1800. The number of benzene rings is 4. The number of hydrogen-bond donors (Lipinski definition) is 3. The first-order valence-electron chi connectivity index (χ1n) is 17.0. The number of nitro benzene ring substituents is 1. The lowest BCUT2D eigenvalue weighted by atomic mass is 10.0. The number of halogens is 1. The van der Waals surface area contributed by atoms with Gasteiger partial charge in [-0.3, -0.25) is 19.8 Å². The third-order valence-corrected chi connectivity index (χ3v) is 8.75. The molecule has 4 rings (SSSR count). The van der Waals surface area contributed by atoms with Crippen LogP contribution in [0.4, 0.5) is 21.9 Å². The molecule has 50 heavy (non-hydrogen) atoms. The van der Waals surface area contributed by atoms with E-state index in [9.17, 15) is 29.9 Å². The number of ether oxygens (including phenoxy) is 2. The number of fused-ring (bicyclic) bond motifs is 1. The van der Waals surface area contributed by atoms with E-state index in [1.165, 1.54) is 68.4 Å². The third kappa shape index (κ3) is 9.86. The van der Waals surface area contributed by atoms with Crippen LogP contribution in [0, 0.1) is 10.1 Å². The van der Waals surface area contributed by atoms with E-state index in [0.29, 0.717) is 44.9 Å². The molecule has 0 atom stereocenters. The van der Waals surface area contributed by atoms with Crippen LogP contribution in [0.1, 0.15) is 87.1 Å². The maximum absolute atomic E-state index is 13.8. The van der Waals surface area contributed by atoms with Crippen LogP contribution >= 0.6 is 11.6 Å². The molecule has 4 aromatic rings. The molecule has 12 heteroatoms. The number of nitrogens with zero attached hydrogens (tertiary/aromatic N) is 2. The number of methoxy groups -OCH3 is 1. The molecular weight excluding hydrogens is 662 g/mol. The molecule has 11 nitrogen and oxygen atoms in total. The zero-order valence-electron chi connectivity index (χ0n) is 28.5. The van der Waals surface area contributed by atoms with Gasteiger partial charge in [0.05, 0.1) is 35.6 Å². The number of aliphatic hydroxyl groups excluding tert-OH is 1. The smallest absolute Gasteiger partial charge is 0.420 e. The number of aromatic hydroxyl groups is 1. The second kappa shape index (κ2) is 18.8. The number of nitro groups is 1. The average Bonchev–Trinajstić information content (AvgIpc) is 3.11. The molecule has 0 fully saturated rings. The second-order valence-electron chi connectivity index (χ2n) is 12.1. The summed E-state index contributed by atoms with van der Waals surface area (Å²) in [7, 11) is 1.46. The molecule has 0 heterocycles. The van der Waals surface area contributed by atoms with Crippen LogP contribution in [0.15, 0.2) is 66.7 Å². The Kier molecular flexibility index (Phi) is 14.2. The summed E-state index contributed by atoms with van der Waals surface area (Å²) in [5.74, 6) is -0.776. The van der Waals surface area contributed by atoms with Crippen LogP contribution < -0.4 is 19.7 Å². The summed E-state index contributed by atoms with van der Waals surface area (Å²) >= 11 is 6.12. The minimum absolute atomic E-state index is 0.0138. The molecule has 0 spiro atoms. The van der Waals surface area contributed by atoms with Gasteiger partial charge in [-0.1, -0.05) is 101 Å². The highest BCUT2D eigenvalue weighted by Crippen LogP contribution is 2.37. The highest BCUT2D eigenvalue weighted by Gasteiger charge is 2.26. The Labute approximate surface area is 296 Å². The van der Waals surface area contributed by atoms with Crippen LogP contribution in [0.5, 0.6) is 17.2 Å². The first-order chi connectivity index (χ1) is 24.2. The standard InChI is InChI=1S/C38H44ClN3O8/c1-3-4-5-6-7-8-9-10-11-12-22-41(38(46)50-35-20-16-26(25-43)23-33(35)42(47)48)32-15-13-14-29-28(32)18-19-30(36(29)44)37(45)40-31-24-27(39)17-21-34(31)49-2/h13-21,23-24,43-44H,3-12,22,25H2,1-2H3,(H,40,45). The molecule has 4 aromatic carbocycles. The van der Waals surface area contributed by atoms with Crippen molar-refractivity contribution < 1.29 is 34.2 Å².